The summed E-state index contributed by atoms with van der Waals surface area (Å²) in [7, 11) is 1.58. The molecule has 0 spiro atoms. The molecule has 0 fully saturated rings. The SMILES string of the molecule is COc1cc(Br)c(Oc2nccc(C#N)n2)cc1Br. The fraction of sp³-hybridized carbons (Fsp3) is 0.0833. The molecule has 0 saturated carbocycles. The minimum absolute atomic E-state index is 0.108. The van der Waals surface area contributed by atoms with E-state index in [2.05, 4.69) is 41.8 Å². The number of aromatic nitrogens is 2. The summed E-state index contributed by atoms with van der Waals surface area (Å²) in [5, 5.41) is 8.77. The molecule has 0 atom stereocenters. The van der Waals surface area contributed by atoms with Crippen LogP contribution in [0.15, 0.2) is 33.3 Å². The molecule has 0 aliphatic heterocycles. The Morgan fingerprint density at radius 1 is 1.21 bits per heavy atom. The van der Waals surface area contributed by atoms with Crippen molar-refractivity contribution in [1.29, 1.82) is 5.26 Å². The molecule has 0 unspecified atom stereocenters. The average molecular weight is 385 g/mol. The molecule has 1 aromatic carbocycles. The summed E-state index contributed by atoms with van der Waals surface area (Å²) in [6.07, 6.45) is 1.47. The molecule has 19 heavy (non-hydrogen) atoms. The van der Waals surface area contributed by atoms with E-state index >= 15 is 0 Å². The van der Waals surface area contributed by atoms with Gasteiger partial charge in [-0.15, -0.1) is 0 Å². The molecule has 0 N–H and O–H groups in total. The Morgan fingerprint density at radius 2 is 1.89 bits per heavy atom. The number of halogens is 2. The van der Waals surface area contributed by atoms with Crippen LogP contribution in [-0.2, 0) is 0 Å². The molecule has 1 aromatic heterocycles. The maximum Gasteiger partial charge on any atom is 0.323 e. The molecule has 7 heteroatoms. The maximum atomic E-state index is 8.77. The monoisotopic (exact) mass is 383 g/mol. The molecule has 1 heterocycles. The third kappa shape index (κ3) is 3.22. The van der Waals surface area contributed by atoms with Gasteiger partial charge in [0.15, 0.2) is 0 Å². The summed E-state index contributed by atoms with van der Waals surface area (Å²) in [5.74, 6) is 1.19. The predicted octanol–water partition coefficient (Wildman–Crippen LogP) is 3.67. The lowest BCUT2D eigenvalue weighted by atomic mass is 10.3. The summed E-state index contributed by atoms with van der Waals surface area (Å²) in [4.78, 5) is 7.88. The van der Waals surface area contributed by atoms with Gasteiger partial charge in [0.1, 0.15) is 23.3 Å². The summed E-state index contributed by atoms with van der Waals surface area (Å²) in [5.41, 5.74) is 0.244. The number of benzene rings is 1. The standard InChI is InChI=1S/C12H7Br2N3O2/c1-18-10-4-9(14)11(5-8(10)13)19-12-16-3-2-7(6-15)17-12/h2-5H,1H3. The van der Waals surface area contributed by atoms with Crippen LogP contribution in [0.25, 0.3) is 0 Å². The van der Waals surface area contributed by atoms with E-state index in [1.807, 2.05) is 6.07 Å². The van der Waals surface area contributed by atoms with Gasteiger partial charge >= 0.3 is 6.01 Å². The first-order valence-corrected chi connectivity index (χ1v) is 6.66. The lowest BCUT2D eigenvalue weighted by Crippen LogP contribution is -1.95. The zero-order valence-corrected chi connectivity index (χ0v) is 12.9. The van der Waals surface area contributed by atoms with Crippen molar-refractivity contribution in [2.24, 2.45) is 0 Å². The molecule has 0 amide bonds. The normalized spacial score (nSPS) is 9.79. The largest absolute Gasteiger partial charge is 0.496 e. The molecule has 2 rings (SSSR count). The summed E-state index contributed by atoms with van der Waals surface area (Å²) in [6, 6.07) is 7.02. The van der Waals surface area contributed by atoms with Crippen LogP contribution in [0.3, 0.4) is 0 Å². The van der Waals surface area contributed by atoms with Crippen molar-refractivity contribution in [3.8, 4) is 23.6 Å². The van der Waals surface area contributed by atoms with Crippen molar-refractivity contribution in [3.05, 3.63) is 39.0 Å². The van der Waals surface area contributed by atoms with E-state index in [1.165, 1.54) is 12.3 Å². The van der Waals surface area contributed by atoms with E-state index in [9.17, 15) is 0 Å². The van der Waals surface area contributed by atoms with E-state index in [0.717, 1.165) is 4.47 Å². The van der Waals surface area contributed by atoms with E-state index < -0.39 is 0 Å². The minimum Gasteiger partial charge on any atom is -0.496 e. The fourth-order valence-electron chi connectivity index (χ4n) is 1.30. The summed E-state index contributed by atoms with van der Waals surface area (Å²) >= 11 is 6.73. The van der Waals surface area contributed by atoms with Gasteiger partial charge in [-0.05, 0) is 44.0 Å². The third-order valence-electron chi connectivity index (χ3n) is 2.16. The topological polar surface area (TPSA) is 68.0 Å². The second kappa shape index (κ2) is 5.99. The van der Waals surface area contributed by atoms with Gasteiger partial charge < -0.3 is 9.47 Å². The van der Waals surface area contributed by atoms with Gasteiger partial charge in [-0.1, -0.05) is 0 Å². The lowest BCUT2D eigenvalue weighted by Gasteiger charge is -2.09. The number of rotatable bonds is 3. The number of nitrogens with zero attached hydrogens (tertiary/aromatic N) is 3. The Labute approximate surface area is 126 Å². The number of hydrogen-bond donors (Lipinski definition) is 0. The molecule has 0 aliphatic carbocycles. The van der Waals surface area contributed by atoms with E-state index in [0.29, 0.717) is 16.0 Å². The van der Waals surface area contributed by atoms with Crippen LogP contribution in [0.2, 0.25) is 0 Å². The molecular weight excluding hydrogens is 378 g/mol. The Hall–Kier alpha value is -1.65. The molecule has 2 aromatic rings. The Kier molecular flexibility index (Phi) is 4.35. The molecule has 5 nitrogen and oxygen atoms in total. The molecule has 0 radical (unpaired) electrons. The fourth-order valence-corrected chi connectivity index (χ4v) is 2.18. The van der Waals surface area contributed by atoms with Gasteiger partial charge in [-0.25, -0.2) is 4.98 Å². The van der Waals surface area contributed by atoms with Crippen molar-refractivity contribution in [2.75, 3.05) is 7.11 Å². The molecular formula is C12H7Br2N3O2. The van der Waals surface area contributed by atoms with Crippen LogP contribution < -0.4 is 9.47 Å². The molecule has 96 valence electrons. The Balaban J connectivity index is 2.33. The van der Waals surface area contributed by atoms with Crippen molar-refractivity contribution in [1.82, 2.24) is 9.97 Å². The first-order chi connectivity index (χ1) is 9.13. The zero-order valence-electron chi connectivity index (χ0n) is 9.72. The quantitative estimate of drug-likeness (QED) is 0.807. The number of methoxy groups -OCH3 is 1. The van der Waals surface area contributed by atoms with Crippen molar-refractivity contribution >= 4 is 31.9 Å². The number of ether oxygens (including phenoxy) is 2. The zero-order chi connectivity index (χ0) is 13.8. The van der Waals surface area contributed by atoms with Gasteiger partial charge in [-0.2, -0.15) is 10.2 Å². The predicted molar refractivity (Wildman–Crippen MR) is 75.2 cm³/mol. The summed E-state index contributed by atoms with van der Waals surface area (Å²) in [6.45, 7) is 0. The van der Waals surface area contributed by atoms with Crippen LogP contribution in [0.1, 0.15) is 5.69 Å². The van der Waals surface area contributed by atoms with E-state index in [4.69, 9.17) is 14.7 Å². The van der Waals surface area contributed by atoms with Crippen LogP contribution >= 0.6 is 31.9 Å². The number of nitriles is 1. The van der Waals surface area contributed by atoms with Crippen LogP contribution in [0.5, 0.6) is 17.5 Å². The average Bonchev–Trinajstić information content (AvgIpc) is 2.42. The molecule has 0 bridgehead atoms. The second-order valence-corrected chi connectivity index (χ2v) is 5.06. The van der Waals surface area contributed by atoms with Crippen LogP contribution in [-0.4, -0.2) is 17.1 Å². The van der Waals surface area contributed by atoms with Crippen molar-refractivity contribution in [3.63, 3.8) is 0 Å². The smallest absolute Gasteiger partial charge is 0.323 e. The van der Waals surface area contributed by atoms with Crippen molar-refractivity contribution < 1.29 is 9.47 Å². The van der Waals surface area contributed by atoms with Gasteiger partial charge in [-0.3, -0.25) is 0 Å². The van der Waals surface area contributed by atoms with Gasteiger partial charge in [0.25, 0.3) is 0 Å². The first-order valence-electron chi connectivity index (χ1n) is 5.08. The number of hydrogen-bond acceptors (Lipinski definition) is 5. The van der Waals surface area contributed by atoms with Gasteiger partial charge in [0, 0.05) is 12.3 Å². The lowest BCUT2D eigenvalue weighted by molar-refractivity contribution is 0.406. The second-order valence-electron chi connectivity index (χ2n) is 3.36. The maximum absolute atomic E-state index is 8.77. The Bertz CT molecular complexity index is 656. The van der Waals surface area contributed by atoms with Crippen molar-refractivity contribution in [2.45, 2.75) is 0 Å². The van der Waals surface area contributed by atoms with Gasteiger partial charge in [0.2, 0.25) is 0 Å². The Morgan fingerprint density at radius 3 is 2.58 bits per heavy atom. The highest BCUT2D eigenvalue weighted by atomic mass is 79.9. The van der Waals surface area contributed by atoms with Gasteiger partial charge in [0.05, 0.1) is 16.1 Å². The highest BCUT2D eigenvalue weighted by molar-refractivity contribution is 9.11. The van der Waals surface area contributed by atoms with E-state index in [-0.39, 0.29) is 11.7 Å². The van der Waals surface area contributed by atoms with E-state index in [1.54, 1.807) is 19.2 Å². The highest BCUT2D eigenvalue weighted by Crippen LogP contribution is 2.37. The first kappa shape index (κ1) is 13.8. The van der Waals surface area contributed by atoms with Crippen LogP contribution in [0.4, 0.5) is 0 Å². The minimum atomic E-state index is 0.108. The highest BCUT2D eigenvalue weighted by Gasteiger charge is 2.10. The molecule has 0 saturated heterocycles. The van der Waals surface area contributed by atoms with Crippen LogP contribution in [0, 0.1) is 11.3 Å². The molecule has 0 aliphatic rings. The summed E-state index contributed by atoms with van der Waals surface area (Å²) < 4.78 is 12.1. The third-order valence-corrected chi connectivity index (χ3v) is 3.40.